The van der Waals surface area contributed by atoms with E-state index >= 15 is 0 Å². The number of rotatable bonds is 4. The molecule has 1 unspecified atom stereocenters. The number of anilines is 2. The second kappa shape index (κ2) is 9.37. The van der Waals surface area contributed by atoms with E-state index in [1.807, 2.05) is 9.80 Å². The van der Waals surface area contributed by atoms with Gasteiger partial charge in [-0.2, -0.15) is 0 Å². The lowest BCUT2D eigenvalue weighted by Crippen LogP contribution is -2.54. The average Bonchev–Trinajstić information content (AvgIpc) is 3.20. The van der Waals surface area contributed by atoms with Crippen molar-refractivity contribution in [2.75, 3.05) is 56.6 Å². The molecular weight excluding hydrogens is 442 g/mol. The molecule has 3 fully saturated rings. The van der Waals surface area contributed by atoms with Crippen molar-refractivity contribution in [3.8, 4) is 0 Å². The first-order valence-electron chi connectivity index (χ1n) is 12.6. The monoisotopic (exact) mass is 479 g/mol. The van der Waals surface area contributed by atoms with Crippen molar-refractivity contribution in [3.63, 3.8) is 0 Å². The molecular formula is C26H37N7O2. The van der Waals surface area contributed by atoms with Gasteiger partial charge in [0.05, 0.1) is 18.1 Å². The first kappa shape index (κ1) is 24.0. The zero-order valence-corrected chi connectivity index (χ0v) is 21.0. The van der Waals surface area contributed by atoms with Gasteiger partial charge in [-0.25, -0.2) is 9.97 Å². The Morgan fingerprint density at radius 1 is 1.03 bits per heavy atom. The number of aliphatic hydroxyl groups excluding tert-OH is 1. The molecule has 2 aromatic rings. The van der Waals surface area contributed by atoms with E-state index in [9.17, 15) is 9.90 Å². The van der Waals surface area contributed by atoms with Gasteiger partial charge in [0.15, 0.2) is 6.35 Å². The van der Waals surface area contributed by atoms with Crippen LogP contribution in [0.1, 0.15) is 38.2 Å². The highest BCUT2D eigenvalue weighted by atomic mass is 16.3. The van der Waals surface area contributed by atoms with Crippen LogP contribution in [0.2, 0.25) is 0 Å². The number of piperazine rings is 1. The second-order valence-electron chi connectivity index (χ2n) is 10.5. The van der Waals surface area contributed by atoms with Crippen molar-refractivity contribution in [1.29, 1.82) is 0 Å². The molecule has 0 radical (unpaired) electrons. The van der Waals surface area contributed by atoms with Crippen LogP contribution in [0.4, 0.5) is 11.6 Å². The summed E-state index contributed by atoms with van der Waals surface area (Å²) in [6, 6.07) is 10.8. The lowest BCUT2D eigenvalue weighted by Gasteiger charge is -2.49. The summed E-state index contributed by atoms with van der Waals surface area (Å²) in [7, 11) is 4.35. The van der Waals surface area contributed by atoms with Gasteiger partial charge in [-0.15, -0.1) is 0 Å². The summed E-state index contributed by atoms with van der Waals surface area (Å²) in [6.45, 7) is 5.17. The van der Waals surface area contributed by atoms with Crippen molar-refractivity contribution in [1.82, 2.24) is 25.1 Å². The van der Waals surface area contributed by atoms with E-state index < -0.39 is 6.35 Å². The highest BCUT2D eigenvalue weighted by Crippen LogP contribution is 2.46. The van der Waals surface area contributed by atoms with Crippen LogP contribution < -0.4 is 15.1 Å². The molecule has 3 heterocycles. The van der Waals surface area contributed by atoms with Gasteiger partial charge in [0.2, 0.25) is 11.9 Å². The summed E-state index contributed by atoms with van der Waals surface area (Å²) in [6.07, 6.45) is 6.87. The summed E-state index contributed by atoms with van der Waals surface area (Å²) in [4.78, 5) is 29.1. The summed E-state index contributed by atoms with van der Waals surface area (Å²) >= 11 is 0. The summed E-state index contributed by atoms with van der Waals surface area (Å²) < 4.78 is 0. The minimum absolute atomic E-state index is 0.0176. The summed E-state index contributed by atoms with van der Waals surface area (Å²) in [5, 5.41) is 14.4. The van der Waals surface area contributed by atoms with Crippen LogP contribution >= 0.6 is 0 Å². The average molecular weight is 480 g/mol. The van der Waals surface area contributed by atoms with Crippen LogP contribution in [0.15, 0.2) is 42.7 Å². The van der Waals surface area contributed by atoms with Gasteiger partial charge in [-0.3, -0.25) is 15.0 Å². The first-order chi connectivity index (χ1) is 16.8. The normalized spacial score (nSPS) is 29.3. The van der Waals surface area contributed by atoms with Crippen LogP contribution in [0.5, 0.6) is 0 Å². The van der Waals surface area contributed by atoms with E-state index in [4.69, 9.17) is 0 Å². The molecule has 9 heteroatoms. The molecule has 2 saturated heterocycles. The maximum atomic E-state index is 11.6. The molecule has 1 saturated carbocycles. The number of benzene rings is 1. The third-order valence-corrected chi connectivity index (χ3v) is 8.37. The Morgan fingerprint density at radius 3 is 2.23 bits per heavy atom. The summed E-state index contributed by atoms with van der Waals surface area (Å²) in [5.41, 5.74) is 2.07. The van der Waals surface area contributed by atoms with E-state index in [1.165, 1.54) is 5.56 Å². The fourth-order valence-corrected chi connectivity index (χ4v) is 6.08. The lowest BCUT2D eigenvalue weighted by atomic mass is 9.69. The molecule has 2 aliphatic heterocycles. The van der Waals surface area contributed by atoms with Crippen LogP contribution in [-0.2, 0) is 10.3 Å². The number of carbonyl (C=O) groups is 1. The SMILES string of the molecule is CC(=O)N1CCN(c2ncc(N3CC4(CCC(c5ccccc5)(N(C)C)CC4)NC3O)cn2)CC1. The smallest absolute Gasteiger partial charge is 0.225 e. The Kier molecular flexibility index (Phi) is 6.41. The number of amides is 1. The lowest BCUT2D eigenvalue weighted by molar-refractivity contribution is -0.129. The Bertz CT molecular complexity index is 1010. The van der Waals surface area contributed by atoms with Gasteiger partial charge in [0.25, 0.3) is 0 Å². The van der Waals surface area contributed by atoms with Crippen LogP contribution in [-0.4, -0.2) is 89.5 Å². The highest BCUT2D eigenvalue weighted by Gasteiger charge is 2.50. The largest absolute Gasteiger partial charge is 0.361 e. The Labute approximate surface area is 207 Å². The molecule has 2 N–H and O–H groups in total. The predicted molar refractivity (Wildman–Crippen MR) is 136 cm³/mol. The minimum atomic E-state index is -0.757. The highest BCUT2D eigenvalue weighted by molar-refractivity contribution is 5.73. The Balaban J connectivity index is 1.25. The van der Waals surface area contributed by atoms with Gasteiger partial charge < -0.3 is 19.8 Å². The van der Waals surface area contributed by atoms with Gasteiger partial charge in [-0.05, 0) is 45.3 Å². The third-order valence-electron chi connectivity index (χ3n) is 8.37. The molecule has 35 heavy (non-hydrogen) atoms. The number of nitrogens with one attached hydrogen (secondary N) is 1. The Hall–Kier alpha value is -2.75. The van der Waals surface area contributed by atoms with E-state index in [2.05, 4.69) is 69.5 Å². The Morgan fingerprint density at radius 2 is 1.66 bits per heavy atom. The van der Waals surface area contributed by atoms with Crippen molar-refractivity contribution < 1.29 is 9.90 Å². The number of carbonyl (C=O) groups excluding carboxylic acids is 1. The van der Waals surface area contributed by atoms with Crippen molar-refractivity contribution >= 4 is 17.5 Å². The fraction of sp³-hybridized carbons (Fsp3) is 0.577. The minimum Gasteiger partial charge on any atom is -0.361 e. The molecule has 1 atom stereocenters. The quantitative estimate of drug-likeness (QED) is 0.684. The molecule has 1 spiro atoms. The van der Waals surface area contributed by atoms with E-state index in [-0.39, 0.29) is 17.0 Å². The van der Waals surface area contributed by atoms with Gasteiger partial charge in [-0.1, -0.05) is 30.3 Å². The number of hydrogen-bond donors (Lipinski definition) is 2. The van der Waals surface area contributed by atoms with E-state index in [1.54, 1.807) is 19.3 Å². The topological polar surface area (TPSA) is 88.1 Å². The second-order valence-corrected chi connectivity index (χ2v) is 10.5. The van der Waals surface area contributed by atoms with Gasteiger partial charge in [0.1, 0.15) is 0 Å². The van der Waals surface area contributed by atoms with Crippen molar-refractivity contribution in [2.45, 2.75) is 50.0 Å². The molecule has 1 aromatic heterocycles. The zero-order valence-electron chi connectivity index (χ0n) is 21.0. The first-order valence-corrected chi connectivity index (χ1v) is 12.6. The number of aliphatic hydroxyl groups is 1. The molecule has 188 valence electrons. The molecule has 1 amide bonds. The van der Waals surface area contributed by atoms with E-state index in [0.29, 0.717) is 19.0 Å². The molecule has 9 nitrogen and oxygen atoms in total. The number of nitrogens with zero attached hydrogens (tertiary/aromatic N) is 6. The standard InChI is InChI=1S/C26H37N7O2/c1-20(34)31-13-15-32(16-14-31)23-27-17-22(18-28-23)33-19-25(29-24(33)35)9-11-26(12-10-25,30(2)3)21-7-5-4-6-8-21/h4-8,17-18,24,29,35H,9-16,19H2,1-3H3. The zero-order chi connectivity index (χ0) is 24.6. The predicted octanol–water partition coefficient (Wildman–Crippen LogP) is 1.60. The van der Waals surface area contributed by atoms with Gasteiger partial charge in [0, 0.05) is 50.7 Å². The maximum absolute atomic E-state index is 11.6. The molecule has 3 aliphatic rings. The van der Waals surface area contributed by atoms with Crippen LogP contribution in [0, 0.1) is 0 Å². The maximum Gasteiger partial charge on any atom is 0.225 e. The fourth-order valence-electron chi connectivity index (χ4n) is 6.08. The molecule has 0 bridgehead atoms. The van der Waals surface area contributed by atoms with Crippen LogP contribution in [0.3, 0.4) is 0 Å². The molecule has 1 aliphatic carbocycles. The van der Waals surface area contributed by atoms with Crippen molar-refractivity contribution in [2.24, 2.45) is 0 Å². The van der Waals surface area contributed by atoms with Crippen molar-refractivity contribution in [3.05, 3.63) is 48.3 Å². The number of hydrogen-bond acceptors (Lipinski definition) is 8. The third kappa shape index (κ3) is 4.48. The van der Waals surface area contributed by atoms with E-state index in [0.717, 1.165) is 51.0 Å². The molecule has 5 rings (SSSR count). The number of aromatic nitrogens is 2. The van der Waals surface area contributed by atoms with Crippen LogP contribution in [0.25, 0.3) is 0 Å². The summed E-state index contributed by atoms with van der Waals surface area (Å²) in [5.74, 6) is 0.782. The van der Waals surface area contributed by atoms with Gasteiger partial charge >= 0.3 is 0 Å². The molecule has 1 aromatic carbocycles.